The quantitative estimate of drug-likeness (QED) is 0.511. The Bertz CT molecular complexity index is 274. The number of thioether (sulfide) groups is 1. The maximum Gasteiger partial charge on any atom is 0.149 e. The topological polar surface area (TPSA) is 34.1 Å². The Morgan fingerprint density at radius 1 is 1.36 bits per heavy atom. The molecule has 0 aliphatic heterocycles. The van der Waals surface area contributed by atoms with Crippen LogP contribution in [0.5, 0.6) is 0 Å². The fourth-order valence-corrected chi connectivity index (χ4v) is 2.53. The van der Waals surface area contributed by atoms with E-state index in [1.807, 2.05) is 20.1 Å². The Balaban J connectivity index is 2.87. The molecular weight excluding hydrogens is 216 g/mol. The van der Waals surface area contributed by atoms with E-state index in [2.05, 4.69) is 0 Å². The highest BCUT2D eigenvalue weighted by atomic mass is 32.2. The molecular formula is C10H14O2S2. The second-order valence-corrected chi connectivity index (χ2v) is 5.95. The lowest BCUT2D eigenvalue weighted by atomic mass is 9.72. The number of hydrogen-bond acceptors (Lipinski definition) is 4. The Morgan fingerprint density at radius 2 is 1.79 bits per heavy atom. The number of carbonyl (C=O) groups excluding carboxylic acids is 2. The number of carbonyl (C=O) groups is 2. The lowest BCUT2D eigenvalue weighted by Crippen LogP contribution is -2.40. The third kappa shape index (κ3) is 2.42. The molecule has 1 saturated carbocycles. The van der Waals surface area contributed by atoms with Crippen molar-refractivity contribution >= 4 is 39.7 Å². The molecule has 0 radical (unpaired) electrons. The van der Waals surface area contributed by atoms with Crippen molar-refractivity contribution in [3.05, 3.63) is 0 Å². The van der Waals surface area contributed by atoms with E-state index in [0.29, 0.717) is 17.0 Å². The Hall–Kier alpha value is -0.220. The molecule has 0 amide bonds. The van der Waals surface area contributed by atoms with Crippen LogP contribution in [0.25, 0.3) is 0 Å². The van der Waals surface area contributed by atoms with Gasteiger partial charge in [-0.2, -0.15) is 0 Å². The van der Waals surface area contributed by atoms with Crippen LogP contribution in [0.4, 0.5) is 0 Å². The lowest BCUT2D eigenvalue weighted by molar-refractivity contribution is -0.136. The first-order valence-electron chi connectivity index (χ1n) is 4.50. The molecule has 0 bridgehead atoms. The van der Waals surface area contributed by atoms with Crippen molar-refractivity contribution in [3.63, 3.8) is 0 Å². The Labute approximate surface area is 93.8 Å². The largest absolute Gasteiger partial charge is 0.298 e. The molecule has 14 heavy (non-hydrogen) atoms. The van der Waals surface area contributed by atoms with Crippen LogP contribution < -0.4 is 0 Å². The summed E-state index contributed by atoms with van der Waals surface area (Å²) in [6, 6.07) is 0. The molecule has 2 nitrogen and oxygen atoms in total. The van der Waals surface area contributed by atoms with Gasteiger partial charge in [0.25, 0.3) is 0 Å². The normalized spacial score (nSPS) is 22.5. The number of Topliss-reactive ketones (excluding diaryl/α,β-unsaturated/α-hetero) is 2. The van der Waals surface area contributed by atoms with Crippen LogP contribution in [-0.4, -0.2) is 22.0 Å². The van der Waals surface area contributed by atoms with E-state index in [1.165, 1.54) is 11.8 Å². The van der Waals surface area contributed by atoms with Crippen LogP contribution in [0.1, 0.15) is 26.7 Å². The predicted molar refractivity (Wildman–Crippen MR) is 62.6 cm³/mol. The van der Waals surface area contributed by atoms with Crippen LogP contribution in [0.15, 0.2) is 0 Å². The third-order valence-corrected chi connectivity index (χ3v) is 3.76. The monoisotopic (exact) mass is 230 g/mol. The van der Waals surface area contributed by atoms with Crippen LogP contribution >= 0.6 is 24.0 Å². The van der Waals surface area contributed by atoms with Gasteiger partial charge in [0.2, 0.25) is 0 Å². The summed E-state index contributed by atoms with van der Waals surface area (Å²) in [7, 11) is 0. The number of thiocarbonyl (C=S) groups is 1. The number of hydrogen-bond donors (Lipinski definition) is 0. The van der Waals surface area contributed by atoms with E-state index in [1.54, 1.807) is 0 Å². The molecule has 1 aliphatic carbocycles. The van der Waals surface area contributed by atoms with Gasteiger partial charge < -0.3 is 0 Å². The average molecular weight is 230 g/mol. The molecule has 0 aromatic carbocycles. The molecule has 0 N–H and O–H groups in total. The summed E-state index contributed by atoms with van der Waals surface area (Å²) in [5.74, 6) is -0.635. The fourth-order valence-electron chi connectivity index (χ4n) is 1.77. The highest BCUT2D eigenvalue weighted by molar-refractivity contribution is 8.22. The fraction of sp³-hybridized carbons (Fsp3) is 0.700. The molecule has 0 heterocycles. The summed E-state index contributed by atoms with van der Waals surface area (Å²) in [5, 5.41) is 0. The summed E-state index contributed by atoms with van der Waals surface area (Å²) in [5.41, 5.74) is -0.182. The van der Waals surface area contributed by atoms with Crippen LogP contribution in [-0.2, 0) is 9.59 Å². The van der Waals surface area contributed by atoms with E-state index < -0.39 is 5.92 Å². The molecule has 1 fully saturated rings. The standard InChI is InChI=1S/C10H14O2S2/c1-10(2)4-6(11)8(7(12)5-10)9(13)14-3/h8H,4-5H2,1-3H3. The Morgan fingerprint density at radius 3 is 2.14 bits per heavy atom. The van der Waals surface area contributed by atoms with Crippen molar-refractivity contribution in [2.45, 2.75) is 26.7 Å². The van der Waals surface area contributed by atoms with Crippen molar-refractivity contribution in [3.8, 4) is 0 Å². The first-order valence-corrected chi connectivity index (χ1v) is 6.14. The zero-order chi connectivity index (χ0) is 10.9. The van der Waals surface area contributed by atoms with E-state index >= 15 is 0 Å². The van der Waals surface area contributed by atoms with Crippen molar-refractivity contribution < 1.29 is 9.59 Å². The van der Waals surface area contributed by atoms with Crippen molar-refractivity contribution in [1.82, 2.24) is 0 Å². The van der Waals surface area contributed by atoms with Gasteiger partial charge in [-0.05, 0) is 11.7 Å². The maximum absolute atomic E-state index is 11.7. The van der Waals surface area contributed by atoms with Gasteiger partial charge in [0.1, 0.15) is 17.5 Å². The molecule has 4 heteroatoms. The maximum atomic E-state index is 11.7. The third-order valence-electron chi connectivity index (χ3n) is 2.39. The zero-order valence-electron chi connectivity index (χ0n) is 8.62. The van der Waals surface area contributed by atoms with Gasteiger partial charge in [0.05, 0.1) is 4.20 Å². The van der Waals surface area contributed by atoms with E-state index in [9.17, 15) is 9.59 Å². The predicted octanol–water partition coefficient (Wildman–Crippen LogP) is 2.25. The molecule has 1 rings (SSSR count). The molecule has 1 aliphatic rings. The van der Waals surface area contributed by atoms with Gasteiger partial charge in [-0.3, -0.25) is 9.59 Å². The highest BCUT2D eigenvalue weighted by Crippen LogP contribution is 2.35. The van der Waals surface area contributed by atoms with Crippen LogP contribution in [0, 0.1) is 11.3 Å². The lowest BCUT2D eigenvalue weighted by Gasteiger charge is -2.31. The van der Waals surface area contributed by atoms with Crippen molar-refractivity contribution in [2.75, 3.05) is 6.26 Å². The van der Waals surface area contributed by atoms with Crippen LogP contribution in [0.3, 0.4) is 0 Å². The number of rotatable bonds is 1. The van der Waals surface area contributed by atoms with E-state index in [0.717, 1.165) is 0 Å². The summed E-state index contributed by atoms with van der Waals surface area (Å²) >= 11 is 6.35. The average Bonchev–Trinajstić information content (AvgIpc) is 1.99. The summed E-state index contributed by atoms with van der Waals surface area (Å²) < 4.78 is 0.524. The summed E-state index contributed by atoms with van der Waals surface area (Å²) in [6.45, 7) is 3.89. The van der Waals surface area contributed by atoms with Crippen molar-refractivity contribution in [1.29, 1.82) is 0 Å². The number of ketones is 2. The molecule has 78 valence electrons. The minimum absolute atomic E-state index is 0.00870. The molecule has 0 aromatic heterocycles. The summed E-state index contributed by atoms with van der Waals surface area (Å²) in [4.78, 5) is 23.4. The zero-order valence-corrected chi connectivity index (χ0v) is 10.3. The van der Waals surface area contributed by atoms with Crippen molar-refractivity contribution in [2.24, 2.45) is 11.3 Å². The first-order chi connectivity index (χ1) is 6.37. The van der Waals surface area contributed by atoms with Gasteiger partial charge in [-0.1, -0.05) is 26.1 Å². The molecule has 0 spiro atoms. The molecule has 0 unspecified atom stereocenters. The van der Waals surface area contributed by atoms with Crippen LogP contribution in [0.2, 0.25) is 0 Å². The van der Waals surface area contributed by atoms with Gasteiger partial charge in [0.15, 0.2) is 0 Å². The Kier molecular flexibility index (Phi) is 3.48. The van der Waals surface area contributed by atoms with Gasteiger partial charge in [0, 0.05) is 12.8 Å². The molecule has 0 saturated heterocycles. The van der Waals surface area contributed by atoms with Gasteiger partial charge in [-0.15, -0.1) is 11.8 Å². The van der Waals surface area contributed by atoms with E-state index in [4.69, 9.17) is 12.2 Å². The highest BCUT2D eigenvalue weighted by Gasteiger charge is 2.41. The molecule has 0 aromatic rings. The first kappa shape index (κ1) is 11.9. The second-order valence-electron chi connectivity index (χ2n) is 4.41. The van der Waals surface area contributed by atoms with E-state index in [-0.39, 0.29) is 17.0 Å². The second kappa shape index (κ2) is 4.11. The summed E-state index contributed by atoms with van der Waals surface area (Å²) in [6.07, 6.45) is 2.73. The minimum Gasteiger partial charge on any atom is -0.298 e. The smallest absolute Gasteiger partial charge is 0.149 e. The minimum atomic E-state index is -0.618. The van der Waals surface area contributed by atoms with Gasteiger partial charge in [-0.25, -0.2) is 0 Å². The van der Waals surface area contributed by atoms with Gasteiger partial charge >= 0.3 is 0 Å². The molecule has 0 atom stereocenters. The SMILES string of the molecule is CSC(=S)C1C(=O)CC(C)(C)CC1=O.